The number of nitrogens with one attached hydrogen (secondary N) is 1. The van der Waals surface area contributed by atoms with Gasteiger partial charge in [-0.05, 0) is 42.5 Å². The number of benzene rings is 2. The van der Waals surface area contributed by atoms with Gasteiger partial charge >= 0.3 is 12.1 Å². The van der Waals surface area contributed by atoms with Crippen molar-refractivity contribution in [3.63, 3.8) is 0 Å². The molecule has 2 aromatic rings. The van der Waals surface area contributed by atoms with E-state index in [1.54, 1.807) is 12.0 Å². The first-order chi connectivity index (χ1) is 18.9. The molecular formula is C27H36F3N3O6S. The van der Waals surface area contributed by atoms with E-state index >= 15 is 0 Å². The Morgan fingerprint density at radius 1 is 0.975 bits per heavy atom. The zero-order valence-corrected chi connectivity index (χ0v) is 23.2. The van der Waals surface area contributed by atoms with Crippen molar-refractivity contribution >= 4 is 21.9 Å². The van der Waals surface area contributed by atoms with E-state index in [0.29, 0.717) is 45.6 Å². The van der Waals surface area contributed by atoms with Crippen LogP contribution in [0.1, 0.15) is 24.0 Å². The van der Waals surface area contributed by atoms with E-state index in [4.69, 9.17) is 14.6 Å². The van der Waals surface area contributed by atoms with Crippen LogP contribution in [-0.2, 0) is 32.5 Å². The second kappa shape index (κ2) is 16.2. The van der Waals surface area contributed by atoms with Crippen molar-refractivity contribution in [1.82, 2.24) is 14.5 Å². The van der Waals surface area contributed by atoms with E-state index in [1.165, 1.54) is 9.87 Å². The lowest BCUT2D eigenvalue weighted by Gasteiger charge is -2.28. The Morgan fingerprint density at radius 2 is 1.55 bits per heavy atom. The highest BCUT2D eigenvalue weighted by Gasteiger charge is 2.38. The average molecular weight is 588 g/mol. The smallest absolute Gasteiger partial charge is 0.490 e. The Kier molecular flexibility index (Phi) is 13.4. The number of halogens is 3. The number of sulfonamides is 1. The first-order valence-electron chi connectivity index (χ1n) is 12.9. The summed E-state index contributed by atoms with van der Waals surface area (Å²) in [5, 5.41) is 10.3. The van der Waals surface area contributed by atoms with Crippen LogP contribution >= 0.6 is 0 Å². The summed E-state index contributed by atoms with van der Waals surface area (Å²) in [5.41, 5.74) is 2.28. The number of rotatable bonds is 12. The van der Waals surface area contributed by atoms with Crippen molar-refractivity contribution in [1.29, 1.82) is 0 Å². The molecule has 222 valence electrons. The molecule has 0 radical (unpaired) electrons. The number of ether oxygens (including phenoxy) is 1. The minimum absolute atomic E-state index is 0.00519. The number of carboxylic acids is 1. The summed E-state index contributed by atoms with van der Waals surface area (Å²) < 4.78 is 64.1. The highest BCUT2D eigenvalue weighted by Crippen LogP contribution is 2.15. The topological polar surface area (TPSA) is 116 Å². The molecule has 0 atom stereocenters. The molecule has 0 bridgehead atoms. The van der Waals surface area contributed by atoms with Crippen molar-refractivity contribution in [3.8, 4) is 5.75 Å². The average Bonchev–Trinajstić information content (AvgIpc) is 2.94. The number of alkyl halides is 3. The number of aryl methyl sites for hydroxylation is 2. The molecule has 0 aliphatic carbocycles. The van der Waals surface area contributed by atoms with Gasteiger partial charge < -0.3 is 20.1 Å². The maximum absolute atomic E-state index is 13.1. The quantitative estimate of drug-likeness (QED) is 0.392. The van der Waals surface area contributed by atoms with Gasteiger partial charge in [0.2, 0.25) is 15.9 Å². The Hall–Kier alpha value is -3.16. The van der Waals surface area contributed by atoms with Crippen LogP contribution < -0.4 is 10.1 Å². The SMILES string of the molecule is COc1ccc(CCC(=O)N(CCCc2ccccc2)CCS(=O)(=O)N2CCNCC2)cc1.O=C(O)C(F)(F)F. The first kappa shape index (κ1) is 33.0. The van der Waals surface area contributed by atoms with Crippen molar-refractivity contribution < 1.29 is 41.0 Å². The second-order valence-corrected chi connectivity index (χ2v) is 11.2. The standard InChI is InChI=1S/C25H35N3O4S.C2HF3O2/c1-32-24-12-9-23(10-13-24)11-14-25(29)27(17-5-8-22-6-3-2-4-7-22)20-21-33(30,31)28-18-15-26-16-19-28;3-2(4,5)1(6)7/h2-4,6-7,9-10,12-13,26H,5,8,11,14-21H2,1H3;(H,6,7). The fraction of sp³-hybridized carbons (Fsp3) is 0.481. The molecule has 9 nitrogen and oxygen atoms in total. The number of nitrogens with zero attached hydrogens (tertiary/aromatic N) is 2. The number of hydrogen-bond donors (Lipinski definition) is 2. The van der Waals surface area contributed by atoms with Gasteiger partial charge in [-0.2, -0.15) is 17.5 Å². The van der Waals surface area contributed by atoms with Gasteiger partial charge in [-0.1, -0.05) is 42.5 Å². The zero-order valence-electron chi connectivity index (χ0n) is 22.4. The van der Waals surface area contributed by atoms with E-state index < -0.39 is 22.2 Å². The number of carboxylic acid groups (broad SMARTS) is 1. The van der Waals surface area contributed by atoms with Gasteiger partial charge in [0.15, 0.2) is 0 Å². The molecule has 1 fully saturated rings. The van der Waals surface area contributed by atoms with E-state index in [9.17, 15) is 26.4 Å². The Balaban J connectivity index is 0.000000708. The number of methoxy groups -OCH3 is 1. The van der Waals surface area contributed by atoms with Crippen molar-refractivity contribution in [2.45, 2.75) is 31.9 Å². The summed E-state index contributed by atoms with van der Waals surface area (Å²) in [5.74, 6) is -2.01. The van der Waals surface area contributed by atoms with Crippen LogP contribution in [0.4, 0.5) is 13.2 Å². The molecular weight excluding hydrogens is 551 g/mol. The normalized spacial score (nSPS) is 14.1. The molecule has 2 aromatic carbocycles. The number of aliphatic carboxylic acids is 1. The zero-order chi connectivity index (χ0) is 29.6. The van der Waals surface area contributed by atoms with Crippen LogP contribution in [0.3, 0.4) is 0 Å². The molecule has 40 heavy (non-hydrogen) atoms. The molecule has 1 heterocycles. The molecule has 1 aliphatic heterocycles. The van der Waals surface area contributed by atoms with Crippen LogP contribution in [0.5, 0.6) is 5.75 Å². The van der Waals surface area contributed by atoms with Gasteiger partial charge in [-0.3, -0.25) is 4.79 Å². The third kappa shape index (κ3) is 11.9. The predicted octanol–water partition coefficient (Wildman–Crippen LogP) is 2.96. The summed E-state index contributed by atoms with van der Waals surface area (Å²) >= 11 is 0. The Morgan fingerprint density at radius 3 is 2.10 bits per heavy atom. The summed E-state index contributed by atoms with van der Waals surface area (Å²) in [6.45, 7) is 3.08. The predicted molar refractivity (Wildman–Crippen MR) is 145 cm³/mol. The van der Waals surface area contributed by atoms with Gasteiger partial charge in [0, 0.05) is 45.7 Å². The molecule has 0 spiro atoms. The molecule has 13 heteroatoms. The molecule has 0 saturated carbocycles. The van der Waals surface area contributed by atoms with E-state index in [-0.39, 0.29) is 18.2 Å². The third-order valence-electron chi connectivity index (χ3n) is 6.21. The largest absolute Gasteiger partial charge is 0.497 e. The molecule has 2 N–H and O–H groups in total. The Bertz CT molecular complexity index is 1160. The number of amides is 1. The van der Waals surface area contributed by atoms with Crippen LogP contribution in [0, 0.1) is 0 Å². The number of carbonyl (C=O) groups excluding carboxylic acids is 1. The van der Waals surface area contributed by atoms with Gasteiger partial charge in [0.1, 0.15) is 5.75 Å². The van der Waals surface area contributed by atoms with E-state index in [1.807, 2.05) is 42.5 Å². The minimum Gasteiger partial charge on any atom is -0.497 e. The summed E-state index contributed by atoms with van der Waals surface area (Å²) in [6.07, 6.45) is -2.46. The minimum atomic E-state index is -5.08. The lowest BCUT2D eigenvalue weighted by atomic mass is 10.1. The van der Waals surface area contributed by atoms with Gasteiger partial charge in [0.25, 0.3) is 0 Å². The molecule has 1 aliphatic rings. The summed E-state index contributed by atoms with van der Waals surface area (Å²) in [6, 6.07) is 17.8. The summed E-state index contributed by atoms with van der Waals surface area (Å²) in [4.78, 5) is 23.7. The van der Waals surface area contributed by atoms with Gasteiger partial charge in [-0.15, -0.1) is 0 Å². The lowest BCUT2D eigenvalue weighted by Crippen LogP contribution is -2.48. The Labute approximate surface area is 233 Å². The first-order valence-corrected chi connectivity index (χ1v) is 14.5. The fourth-order valence-electron chi connectivity index (χ4n) is 3.96. The van der Waals surface area contributed by atoms with Crippen molar-refractivity contribution in [2.75, 3.05) is 52.1 Å². The van der Waals surface area contributed by atoms with Crippen LogP contribution in [-0.4, -0.2) is 92.9 Å². The third-order valence-corrected chi connectivity index (χ3v) is 8.06. The highest BCUT2D eigenvalue weighted by molar-refractivity contribution is 7.89. The number of hydrogen-bond acceptors (Lipinski definition) is 6. The second-order valence-electron chi connectivity index (χ2n) is 9.09. The van der Waals surface area contributed by atoms with Crippen LogP contribution in [0.2, 0.25) is 0 Å². The maximum Gasteiger partial charge on any atom is 0.490 e. The number of carbonyl (C=O) groups is 2. The van der Waals surface area contributed by atoms with E-state index in [2.05, 4.69) is 17.4 Å². The van der Waals surface area contributed by atoms with Gasteiger partial charge in [0.05, 0.1) is 12.9 Å². The van der Waals surface area contributed by atoms with Crippen molar-refractivity contribution in [2.24, 2.45) is 0 Å². The number of piperazine rings is 1. The fourth-order valence-corrected chi connectivity index (χ4v) is 5.41. The van der Waals surface area contributed by atoms with Crippen LogP contribution in [0.25, 0.3) is 0 Å². The molecule has 1 saturated heterocycles. The van der Waals surface area contributed by atoms with Gasteiger partial charge in [-0.25, -0.2) is 13.2 Å². The molecule has 0 aromatic heterocycles. The van der Waals surface area contributed by atoms with Crippen LogP contribution in [0.15, 0.2) is 54.6 Å². The van der Waals surface area contributed by atoms with E-state index in [0.717, 1.165) is 24.2 Å². The molecule has 1 amide bonds. The lowest BCUT2D eigenvalue weighted by molar-refractivity contribution is -0.192. The molecule has 0 unspecified atom stereocenters. The summed E-state index contributed by atoms with van der Waals surface area (Å²) in [7, 11) is -1.75. The molecule has 3 rings (SSSR count). The monoisotopic (exact) mass is 587 g/mol. The maximum atomic E-state index is 13.1. The van der Waals surface area contributed by atoms with Crippen molar-refractivity contribution in [3.05, 3.63) is 65.7 Å². The highest BCUT2D eigenvalue weighted by atomic mass is 32.2.